The van der Waals surface area contributed by atoms with Crippen LogP contribution in [0.3, 0.4) is 0 Å². The highest BCUT2D eigenvalue weighted by molar-refractivity contribution is 7.15. The van der Waals surface area contributed by atoms with Crippen LogP contribution >= 0.6 is 11.3 Å². The summed E-state index contributed by atoms with van der Waals surface area (Å²) in [5.74, 6) is -0.935. The summed E-state index contributed by atoms with van der Waals surface area (Å²) in [6.07, 6.45) is 1.69. The zero-order valence-corrected chi connectivity index (χ0v) is 12.2. The largest absolute Gasteiger partial charge is 0.476 e. The van der Waals surface area contributed by atoms with Crippen LogP contribution in [0.1, 0.15) is 39.8 Å². The summed E-state index contributed by atoms with van der Waals surface area (Å²) < 4.78 is 0. The zero-order chi connectivity index (χ0) is 14.0. The van der Waals surface area contributed by atoms with E-state index in [4.69, 9.17) is 0 Å². The summed E-state index contributed by atoms with van der Waals surface area (Å²) >= 11 is 1.49. The van der Waals surface area contributed by atoms with E-state index in [0.717, 1.165) is 28.3 Å². The highest BCUT2D eigenvalue weighted by Gasteiger charge is 2.17. The molecule has 1 aromatic carbocycles. The quantitative estimate of drug-likeness (QED) is 0.914. The minimum absolute atomic E-state index is 0.208. The molecule has 0 fully saturated rings. The van der Waals surface area contributed by atoms with Gasteiger partial charge in [0.2, 0.25) is 0 Å². The van der Waals surface area contributed by atoms with Crippen molar-refractivity contribution in [3.63, 3.8) is 0 Å². The third-order valence-electron chi connectivity index (χ3n) is 3.13. The molecule has 4 heteroatoms. The molecule has 0 amide bonds. The Balaban J connectivity index is 2.47. The lowest BCUT2D eigenvalue weighted by Gasteiger charge is -2.01. The first-order valence-corrected chi connectivity index (χ1v) is 7.15. The maximum absolute atomic E-state index is 11.2. The van der Waals surface area contributed by atoms with E-state index in [0.29, 0.717) is 0 Å². The molecule has 1 N–H and O–H groups in total. The molecule has 0 aliphatic rings. The van der Waals surface area contributed by atoms with Gasteiger partial charge in [-0.25, -0.2) is 9.78 Å². The van der Waals surface area contributed by atoms with E-state index < -0.39 is 5.97 Å². The molecule has 3 nitrogen and oxygen atoms in total. The Morgan fingerprint density at radius 3 is 2.63 bits per heavy atom. The van der Waals surface area contributed by atoms with Gasteiger partial charge in [-0.1, -0.05) is 25.5 Å². The Bertz CT molecular complexity index is 617. The van der Waals surface area contributed by atoms with E-state index in [1.807, 2.05) is 19.1 Å². The van der Waals surface area contributed by atoms with Gasteiger partial charge in [-0.15, -0.1) is 11.3 Å². The van der Waals surface area contributed by atoms with E-state index in [9.17, 15) is 9.90 Å². The van der Waals surface area contributed by atoms with Gasteiger partial charge in [0.25, 0.3) is 0 Å². The lowest BCUT2D eigenvalue weighted by atomic mass is 10.1. The van der Waals surface area contributed by atoms with Crippen molar-refractivity contribution in [3.8, 4) is 10.6 Å². The number of hydrogen-bond donors (Lipinski definition) is 1. The first-order valence-electron chi connectivity index (χ1n) is 6.33. The number of rotatable bonds is 4. The van der Waals surface area contributed by atoms with Crippen LogP contribution in [0, 0.1) is 13.8 Å². The fourth-order valence-electron chi connectivity index (χ4n) is 1.91. The molecule has 19 heavy (non-hydrogen) atoms. The number of aromatic nitrogens is 1. The third-order valence-corrected chi connectivity index (χ3v) is 4.30. The van der Waals surface area contributed by atoms with Crippen LogP contribution in [0.2, 0.25) is 0 Å². The summed E-state index contributed by atoms with van der Waals surface area (Å²) in [5, 5.41) is 9.99. The minimum atomic E-state index is -0.935. The van der Waals surface area contributed by atoms with Crippen molar-refractivity contribution in [3.05, 3.63) is 39.9 Å². The van der Waals surface area contributed by atoms with Gasteiger partial charge in [-0.05, 0) is 37.5 Å². The average molecular weight is 275 g/mol. The molecule has 0 saturated heterocycles. The van der Waals surface area contributed by atoms with Crippen molar-refractivity contribution >= 4 is 17.3 Å². The average Bonchev–Trinajstić information content (AvgIpc) is 2.77. The summed E-state index contributed by atoms with van der Waals surface area (Å²) in [5.41, 5.74) is 3.63. The van der Waals surface area contributed by atoms with Gasteiger partial charge in [0.15, 0.2) is 5.69 Å². The van der Waals surface area contributed by atoms with Crippen LogP contribution in [0.5, 0.6) is 0 Å². The van der Waals surface area contributed by atoms with Crippen molar-refractivity contribution in [2.24, 2.45) is 0 Å². The molecule has 0 aliphatic carbocycles. The van der Waals surface area contributed by atoms with Crippen molar-refractivity contribution in [2.75, 3.05) is 0 Å². The maximum Gasteiger partial charge on any atom is 0.355 e. The lowest BCUT2D eigenvalue weighted by Crippen LogP contribution is -2.00. The zero-order valence-electron chi connectivity index (χ0n) is 11.4. The molecule has 1 aromatic heterocycles. The highest BCUT2D eigenvalue weighted by atomic mass is 32.1. The molecule has 2 rings (SSSR count). The standard InChI is InChI=1S/C15H17NO2S/c1-4-5-12-13(15(17)18)16-14(19-12)11-7-6-9(2)10(3)8-11/h6-8H,4-5H2,1-3H3,(H,17,18). The van der Waals surface area contributed by atoms with Crippen molar-refractivity contribution < 1.29 is 9.90 Å². The molecule has 0 aliphatic heterocycles. The molecule has 0 radical (unpaired) electrons. The van der Waals surface area contributed by atoms with Crippen molar-refractivity contribution in [2.45, 2.75) is 33.6 Å². The normalized spacial score (nSPS) is 10.7. The highest BCUT2D eigenvalue weighted by Crippen LogP contribution is 2.30. The number of thiazole rings is 1. The molecule has 1 heterocycles. The SMILES string of the molecule is CCCc1sc(-c2ccc(C)c(C)c2)nc1C(=O)O. The maximum atomic E-state index is 11.2. The van der Waals surface area contributed by atoms with Crippen molar-refractivity contribution in [1.29, 1.82) is 0 Å². The van der Waals surface area contributed by atoms with Gasteiger partial charge in [0.05, 0.1) is 0 Å². The molecule has 0 spiro atoms. The second-order valence-corrected chi connectivity index (χ2v) is 5.73. The van der Waals surface area contributed by atoms with Gasteiger partial charge in [0.1, 0.15) is 5.01 Å². The van der Waals surface area contributed by atoms with Crippen molar-refractivity contribution in [1.82, 2.24) is 4.98 Å². The number of aromatic carboxylic acids is 1. The van der Waals surface area contributed by atoms with Crippen LogP contribution < -0.4 is 0 Å². The molecule has 2 aromatic rings. The Morgan fingerprint density at radius 1 is 1.32 bits per heavy atom. The second-order valence-electron chi connectivity index (χ2n) is 4.64. The number of nitrogens with zero attached hydrogens (tertiary/aromatic N) is 1. The Morgan fingerprint density at radius 2 is 2.05 bits per heavy atom. The first kappa shape index (κ1) is 13.7. The summed E-state index contributed by atoms with van der Waals surface area (Å²) in [6.45, 7) is 6.16. The molecule has 100 valence electrons. The molecule has 0 saturated carbocycles. The second kappa shape index (κ2) is 5.53. The predicted octanol–water partition coefficient (Wildman–Crippen LogP) is 4.08. The number of carbonyl (C=O) groups is 1. The monoisotopic (exact) mass is 275 g/mol. The molecule has 0 bridgehead atoms. The molecular weight excluding hydrogens is 258 g/mol. The molecule has 0 atom stereocenters. The number of aryl methyl sites for hydroxylation is 3. The van der Waals surface area contributed by atoms with E-state index in [1.54, 1.807) is 0 Å². The topological polar surface area (TPSA) is 50.2 Å². The van der Waals surface area contributed by atoms with Crippen LogP contribution in [0.25, 0.3) is 10.6 Å². The number of carboxylic acids is 1. The van der Waals surface area contributed by atoms with Gasteiger partial charge in [-0.3, -0.25) is 0 Å². The number of carboxylic acid groups (broad SMARTS) is 1. The number of benzene rings is 1. The van der Waals surface area contributed by atoms with Crippen LogP contribution in [0.4, 0.5) is 0 Å². The van der Waals surface area contributed by atoms with E-state index in [1.165, 1.54) is 22.5 Å². The predicted molar refractivity (Wildman–Crippen MR) is 78.0 cm³/mol. The summed E-state index contributed by atoms with van der Waals surface area (Å²) in [7, 11) is 0. The van der Waals surface area contributed by atoms with E-state index in [-0.39, 0.29) is 5.69 Å². The Labute approximate surface area is 116 Å². The lowest BCUT2D eigenvalue weighted by molar-refractivity contribution is 0.0690. The van der Waals surface area contributed by atoms with Crippen LogP contribution in [-0.4, -0.2) is 16.1 Å². The van der Waals surface area contributed by atoms with Gasteiger partial charge >= 0.3 is 5.97 Å². The Hall–Kier alpha value is -1.68. The Kier molecular flexibility index (Phi) is 4.00. The van der Waals surface area contributed by atoms with E-state index in [2.05, 4.69) is 24.9 Å². The first-order chi connectivity index (χ1) is 9.02. The molecule has 0 unspecified atom stereocenters. The van der Waals surface area contributed by atoms with Crippen LogP contribution in [0.15, 0.2) is 18.2 Å². The minimum Gasteiger partial charge on any atom is -0.476 e. The number of hydrogen-bond acceptors (Lipinski definition) is 3. The fraction of sp³-hybridized carbons (Fsp3) is 0.333. The van der Waals surface area contributed by atoms with E-state index >= 15 is 0 Å². The van der Waals surface area contributed by atoms with Gasteiger partial charge < -0.3 is 5.11 Å². The van der Waals surface area contributed by atoms with Gasteiger partial charge in [-0.2, -0.15) is 0 Å². The molecular formula is C15H17NO2S. The summed E-state index contributed by atoms with van der Waals surface area (Å²) in [6, 6.07) is 6.12. The fourth-order valence-corrected chi connectivity index (χ4v) is 3.06. The van der Waals surface area contributed by atoms with Gasteiger partial charge in [0, 0.05) is 10.4 Å². The smallest absolute Gasteiger partial charge is 0.355 e. The third kappa shape index (κ3) is 2.84. The summed E-state index contributed by atoms with van der Waals surface area (Å²) in [4.78, 5) is 16.4. The van der Waals surface area contributed by atoms with Crippen LogP contribution in [-0.2, 0) is 6.42 Å².